The van der Waals surface area contributed by atoms with Gasteiger partial charge in [0, 0.05) is 10.6 Å². The molecule has 2 N–H and O–H groups in total. The fourth-order valence-electron chi connectivity index (χ4n) is 1.21. The van der Waals surface area contributed by atoms with E-state index in [1.165, 1.54) is 0 Å². The third-order valence-electron chi connectivity index (χ3n) is 1.79. The first-order valence-corrected chi connectivity index (χ1v) is 3.83. The van der Waals surface area contributed by atoms with Gasteiger partial charge in [0.2, 0.25) is 0 Å². The van der Waals surface area contributed by atoms with E-state index in [0.717, 1.165) is 11.3 Å². The lowest BCUT2D eigenvalue weighted by Crippen LogP contribution is -2.10. The minimum atomic E-state index is 0. The molecule has 0 radical (unpaired) electrons. The van der Waals surface area contributed by atoms with Gasteiger partial charge in [-0.1, -0.05) is 17.7 Å². The lowest BCUT2D eigenvalue weighted by Gasteiger charge is -1.98. The highest BCUT2D eigenvalue weighted by molar-refractivity contribution is 6.30. The van der Waals surface area contributed by atoms with Crippen LogP contribution in [0, 0.1) is 0 Å². The maximum absolute atomic E-state index is 5.75. The largest absolute Gasteiger partial charge is 0.491 e. The first-order chi connectivity index (χ1) is 5.27. The van der Waals surface area contributed by atoms with Gasteiger partial charge in [-0.3, -0.25) is 0 Å². The second-order valence-electron chi connectivity index (χ2n) is 2.60. The SMILES string of the molecule is Cl.N[C@H]1COc2cc(Cl)ccc21. The molecule has 4 heteroatoms. The van der Waals surface area contributed by atoms with E-state index in [0.29, 0.717) is 11.6 Å². The van der Waals surface area contributed by atoms with Crippen LogP contribution < -0.4 is 10.5 Å². The smallest absolute Gasteiger partial charge is 0.125 e. The molecule has 0 saturated carbocycles. The van der Waals surface area contributed by atoms with Crippen LogP contribution in [0.1, 0.15) is 11.6 Å². The maximum Gasteiger partial charge on any atom is 0.125 e. The Balaban J connectivity index is 0.000000720. The molecule has 1 aliphatic rings. The zero-order valence-electron chi connectivity index (χ0n) is 6.29. The summed E-state index contributed by atoms with van der Waals surface area (Å²) in [5, 5.41) is 0.692. The Morgan fingerprint density at radius 1 is 1.50 bits per heavy atom. The van der Waals surface area contributed by atoms with Crippen LogP contribution in [0.4, 0.5) is 0 Å². The molecule has 0 spiro atoms. The molecule has 12 heavy (non-hydrogen) atoms. The van der Waals surface area contributed by atoms with Gasteiger partial charge in [0.1, 0.15) is 12.4 Å². The van der Waals surface area contributed by atoms with Crippen molar-refractivity contribution in [3.63, 3.8) is 0 Å². The van der Waals surface area contributed by atoms with Gasteiger partial charge in [-0.05, 0) is 12.1 Å². The van der Waals surface area contributed by atoms with Crippen LogP contribution in [0.15, 0.2) is 18.2 Å². The van der Waals surface area contributed by atoms with Crippen LogP contribution in [0.3, 0.4) is 0 Å². The van der Waals surface area contributed by atoms with Crippen LogP contribution in [-0.2, 0) is 0 Å². The van der Waals surface area contributed by atoms with Crippen LogP contribution in [0.2, 0.25) is 5.02 Å². The lowest BCUT2D eigenvalue weighted by atomic mass is 10.1. The van der Waals surface area contributed by atoms with Crippen LogP contribution in [0.5, 0.6) is 5.75 Å². The molecule has 0 unspecified atom stereocenters. The number of hydrogen-bond acceptors (Lipinski definition) is 2. The summed E-state index contributed by atoms with van der Waals surface area (Å²) >= 11 is 5.75. The van der Waals surface area contributed by atoms with Crippen molar-refractivity contribution < 1.29 is 4.74 Å². The highest BCUT2D eigenvalue weighted by Gasteiger charge is 2.19. The molecule has 1 heterocycles. The van der Waals surface area contributed by atoms with Crippen molar-refractivity contribution in [2.24, 2.45) is 5.73 Å². The Bertz CT molecular complexity index is 290. The molecular weight excluding hydrogens is 197 g/mol. The third-order valence-corrected chi connectivity index (χ3v) is 2.03. The number of halogens is 2. The van der Waals surface area contributed by atoms with E-state index in [1.54, 1.807) is 6.07 Å². The molecule has 1 atom stereocenters. The molecule has 2 nitrogen and oxygen atoms in total. The summed E-state index contributed by atoms with van der Waals surface area (Å²) in [5.41, 5.74) is 6.78. The van der Waals surface area contributed by atoms with Gasteiger partial charge in [-0.15, -0.1) is 12.4 Å². The van der Waals surface area contributed by atoms with Gasteiger partial charge in [0.05, 0.1) is 6.04 Å². The van der Waals surface area contributed by atoms with Gasteiger partial charge >= 0.3 is 0 Å². The minimum absolute atomic E-state index is 0. The van der Waals surface area contributed by atoms with E-state index in [1.807, 2.05) is 12.1 Å². The molecule has 0 amide bonds. The van der Waals surface area contributed by atoms with Crippen molar-refractivity contribution in [1.82, 2.24) is 0 Å². The van der Waals surface area contributed by atoms with Crippen LogP contribution in [-0.4, -0.2) is 6.61 Å². The number of ether oxygens (including phenoxy) is 1. The van der Waals surface area contributed by atoms with E-state index in [-0.39, 0.29) is 18.4 Å². The highest BCUT2D eigenvalue weighted by Crippen LogP contribution is 2.32. The van der Waals surface area contributed by atoms with Gasteiger partial charge in [-0.2, -0.15) is 0 Å². The molecule has 0 aromatic heterocycles. The molecule has 0 saturated heterocycles. The van der Waals surface area contributed by atoms with E-state index >= 15 is 0 Å². The van der Waals surface area contributed by atoms with Crippen molar-refractivity contribution >= 4 is 24.0 Å². The molecule has 1 aliphatic heterocycles. The highest BCUT2D eigenvalue weighted by atomic mass is 35.5. The maximum atomic E-state index is 5.75. The fourth-order valence-corrected chi connectivity index (χ4v) is 1.37. The van der Waals surface area contributed by atoms with Gasteiger partial charge in [0.25, 0.3) is 0 Å². The van der Waals surface area contributed by atoms with Crippen molar-refractivity contribution in [3.05, 3.63) is 28.8 Å². The van der Waals surface area contributed by atoms with Crippen LogP contribution in [0.25, 0.3) is 0 Å². The molecule has 2 rings (SSSR count). The normalized spacial score (nSPS) is 19.3. The Hall–Kier alpha value is -0.440. The quantitative estimate of drug-likeness (QED) is 0.705. The molecule has 1 aromatic rings. The van der Waals surface area contributed by atoms with Crippen molar-refractivity contribution in [3.8, 4) is 5.75 Å². The summed E-state index contributed by atoms with van der Waals surface area (Å²) < 4.78 is 5.28. The van der Waals surface area contributed by atoms with E-state index in [9.17, 15) is 0 Å². The van der Waals surface area contributed by atoms with Gasteiger partial charge < -0.3 is 10.5 Å². The fraction of sp³-hybridized carbons (Fsp3) is 0.250. The zero-order chi connectivity index (χ0) is 7.84. The molecule has 0 fully saturated rings. The Kier molecular flexibility index (Phi) is 2.83. The molecular formula is C8H9Cl2NO. The van der Waals surface area contributed by atoms with Crippen molar-refractivity contribution in [2.45, 2.75) is 6.04 Å². The average Bonchev–Trinajstić information content (AvgIpc) is 2.32. The summed E-state index contributed by atoms with van der Waals surface area (Å²) in [4.78, 5) is 0. The van der Waals surface area contributed by atoms with Gasteiger partial charge in [0.15, 0.2) is 0 Å². The predicted octanol–water partition coefficient (Wildman–Crippen LogP) is 2.15. The monoisotopic (exact) mass is 205 g/mol. The third kappa shape index (κ3) is 1.51. The van der Waals surface area contributed by atoms with Crippen LogP contribution >= 0.6 is 24.0 Å². The predicted molar refractivity (Wildman–Crippen MR) is 51.1 cm³/mol. The summed E-state index contributed by atoms with van der Waals surface area (Å²) in [7, 11) is 0. The molecule has 66 valence electrons. The molecule has 0 bridgehead atoms. The number of rotatable bonds is 0. The topological polar surface area (TPSA) is 35.2 Å². The summed E-state index contributed by atoms with van der Waals surface area (Å²) in [6.07, 6.45) is 0. The van der Waals surface area contributed by atoms with Gasteiger partial charge in [-0.25, -0.2) is 0 Å². The first kappa shape index (κ1) is 9.65. The number of fused-ring (bicyclic) bond motifs is 1. The number of nitrogens with two attached hydrogens (primary N) is 1. The standard InChI is InChI=1S/C8H8ClNO.ClH/c9-5-1-2-6-7(10)4-11-8(6)3-5;/h1-3,7H,4,10H2;1H/t7-;/m0./s1. The second-order valence-corrected chi connectivity index (χ2v) is 3.04. The van der Waals surface area contributed by atoms with Crippen molar-refractivity contribution in [1.29, 1.82) is 0 Å². The van der Waals surface area contributed by atoms with E-state index in [4.69, 9.17) is 22.1 Å². The number of benzene rings is 1. The Morgan fingerprint density at radius 2 is 2.25 bits per heavy atom. The second kappa shape index (κ2) is 3.52. The molecule has 1 aromatic carbocycles. The van der Waals surface area contributed by atoms with Crippen molar-refractivity contribution in [2.75, 3.05) is 6.61 Å². The summed E-state index contributed by atoms with van der Waals surface area (Å²) in [5.74, 6) is 0.824. The summed E-state index contributed by atoms with van der Waals surface area (Å²) in [6.45, 7) is 0.565. The number of hydrogen-bond donors (Lipinski definition) is 1. The molecule has 0 aliphatic carbocycles. The first-order valence-electron chi connectivity index (χ1n) is 3.45. The minimum Gasteiger partial charge on any atom is -0.491 e. The summed E-state index contributed by atoms with van der Waals surface area (Å²) in [6, 6.07) is 5.55. The zero-order valence-corrected chi connectivity index (χ0v) is 7.86. The Labute approximate surface area is 82.1 Å². The lowest BCUT2D eigenvalue weighted by molar-refractivity contribution is 0.333. The average molecular weight is 206 g/mol. The van der Waals surface area contributed by atoms with E-state index in [2.05, 4.69) is 0 Å². The Morgan fingerprint density at radius 3 is 3.00 bits per heavy atom. The van der Waals surface area contributed by atoms with E-state index < -0.39 is 0 Å².